The predicted molar refractivity (Wildman–Crippen MR) is 81.4 cm³/mol. The van der Waals surface area contributed by atoms with Crippen molar-refractivity contribution in [3.8, 4) is 5.95 Å². The second kappa shape index (κ2) is 7.84. The van der Waals surface area contributed by atoms with Gasteiger partial charge in [-0.25, -0.2) is 4.68 Å². The Kier molecular flexibility index (Phi) is 5.79. The van der Waals surface area contributed by atoms with Gasteiger partial charge in [-0.3, -0.25) is 0 Å². The first-order valence-corrected chi connectivity index (χ1v) is 7.94. The smallest absolute Gasteiger partial charge is 0.256 e. The van der Waals surface area contributed by atoms with Crippen LogP contribution in [0.3, 0.4) is 0 Å². The second-order valence-electron chi connectivity index (χ2n) is 4.32. The number of nitrogens with zero attached hydrogens (tertiary/aromatic N) is 5. The van der Waals surface area contributed by atoms with E-state index in [1.807, 2.05) is 12.3 Å². The Hall–Kier alpha value is -1.63. The summed E-state index contributed by atoms with van der Waals surface area (Å²) in [5.74, 6) is 2.20. The number of hydrogen-bond acceptors (Lipinski definition) is 6. The van der Waals surface area contributed by atoms with Gasteiger partial charge in [0.15, 0.2) is 5.16 Å². The third kappa shape index (κ3) is 4.19. The molecule has 108 valence electrons. The van der Waals surface area contributed by atoms with Crippen molar-refractivity contribution in [2.45, 2.75) is 38.3 Å². The van der Waals surface area contributed by atoms with Gasteiger partial charge in [-0.2, -0.15) is 20.1 Å². The lowest BCUT2D eigenvalue weighted by Gasteiger charge is -2.07. The maximum atomic E-state index is 4.46. The van der Waals surface area contributed by atoms with Crippen LogP contribution in [0.15, 0.2) is 23.6 Å². The van der Waals surface area contributed by atoms with Crippen molar-refractivity contribution in [1.29, 1.82) is 0 Å². The van der Waals surface area contributed by atoms with Gasteiger partial charge < -0.3 is 5.32 Å². The van der Waals surface area contributed by atoms with Crippen molar-refractivity contribution in [1.82, 2.24) is 24.7 Å². The molecule has 2 aromatic heterocycles. The molecule has 0 fully saturated rings. The van der Waals surface area contributed by atoms with E-state index in [-0.39, 0.29) is 0 Å². The van der Waals surface area contributed by atoms with E-state index in [9.17, 15) is 0 Å². The fourth-order valence-electron chi connectivity index (χ4n) is 1.52. The maximum Gasteiger partial charge on any atom is 0.256 e. The molecule has 6 nitrogen and oxygen atoms in total. The molecule has 0 aliphatic carbocycles. The first kappa shape index (κ1) is 14.8. The summed E-state index contributed by atoms with van der Waals surface area (Å²) >= 11 is 1.66. The lowest BCUT2D eigenvalue weighted by Crippen LogP contribution is -2.10. The van der Waals surface area contributed by atoms with Crippen LogP contribution in [0.2, 0.25) is 0 Å². The number of anilines is 1. The van der Waals surface area contributed by atoms with Crippen molar-refractivity contribution in [3.05, 3.63) is 18.5 Å². The molecule has 0 amide bonds. The van der Waals surface area contributed by atoms with E-state index >= 15 is 0 Å². The number of thioether (sulfide) groups is 1. The zero-order valence-corrected chi connectivity index (χ0v) is 12.7. The Bertz CT molecular complexity index is 514. The number of unbranched alkanes of at least 4 members (excludes halogenated alkanes) is 1. The summed E-state index contributed by atoms with van der Waals surface area (Å²) < 4.78 is 1.66. The molecule has 2 heterocycles. The third-order valence-electron chi connectivity index (χ3n) is 2.57. The Morgan fingerprint density at radius 3 is 2.80 bits per heavy atom. The lowest BCUT2D eigenvalue weighted by molar-refractivity contribution is 0.757. The van der Waals surface area contributed by atoms with Crippen LogP contribution in [0.4, 0.5) is 5.95 Å². The van der Waals surface area contributed by atoms with Crippen molar-refractivity contribution in [3.63, 3.8) is 0 Å². The van der Waals surface area contributed by atoms with Gasteiger partial charge >= 0.3 is 0 Å². The molecule has 0 aromatic carbocycles. The van der Waals surface area contributed by atoms with Crippen LogP contribution < -0.4 is 5.32 Å². The van der Waals surface area contributed by atoms with Gasteiger partial charge in [-0.15, -0.1) is 0 Å². The molecule has 7 heteroatoms. The van der Waals surface area contributed by atoms with E-state index < -0.39 is 0 Å². The highest BCUT2D eigenvalue weighted by Gasteiger charge is 2.08. The number of nitrogens with one attached hydrogen (secondary N) is 1. The minimum absolute atomic E-state index is 0.558. The normalized spacial score (nSPS) is 10.7. The summed E-state index contributed by atoms with van der Waals surface area (Å²) in [6.07, 6.45) is 6.91. The first-order chi connectivity index (χ1) is 9.83. The summed E-state index contributed by atoms with van der Waals surface area (Å²) in [6, 6.07) is 1.85. The zero-order chi connectivity index (χ0) is 14.2. The molecule has 0 saturated heterocycles. The zero-order valence-electron chi connectivity index (χ0n) is 11.9. The molecule has 2 aromatic rings. The van der Waals surface area contributed by atoms with Gasteiger partial charge in [0.2, 0.25) is 5.95 Å². The molecule has 0 saturated carbocycles. The van der Waals surface area contributed by atoms with Crippen molar-refractivity contribution >= 4 is 17.7 Å². The average Bonchev–Trinajstić information content (AvgIpc) is 2.99. The van der Waals surface area contributed by atoms with Crippen molar-refractivity contribution in [2.75, 3.05) is 17.6 Å². The molecule has 0 aliphatic heterocycles. The van der Waals surface area contributed by atoms with Gasteiger partial charge in [0.1, 0.15) is 0 Å². The molecule has 20 heavy (non-hydrogen) atoms. The Morgan fingerprint density at radius 1 is 1.20 bits per heavy atom. The van der Waals surface area contributed by atoms with Crippen LogP contribution in [0.5, 0.6) is 0 Å². The van der Waals surface area contributed by atoms with E-state index in [4.69, 9.17) is 0 Å². The molecule has 0 spiro atoms. The number of hydrogen-bond donors (Lipinski definition) is 1. The molecule has 0 unspecified atom stereocenters. The third-order valence-corrected chi connectivity index (χ3v) is 3.51. The van der Waals surface area contributed by atoms with Crippen LogP contribution in [0.25, 0.3) is 5.95 Å². The topological polar surface area (TPSA) is 68.5 Å². The van der Waals surface area contributed by atoms with Gasteiger partial charge in [-0.05, 0) is 18.9 Å². The second-order valence-corrected chi connectivity index (χ2v) is 5.38. The molecular weight excluding hydrogens is 272 g/mol. The summed E-state index contributed by atoms with van der Waals surface area (Å²) in [5.41, 5.74) is 0. The van der Waals surface area contributed by atoms with Crippen LogP contribution in [-0.4, -0.2) is 37.0 Å². The summed E-state index contributed by atoms with van der Waals surface area (Å²) in [7, 11) is 0. The lowest BCUT2D eigenvalue weighted by atomic mass is 10.4. The van der Waals surface area contributed by atoms with Crippen molar-refractivity contribution in [2.24, 2.45) is 0 Å². The molecule has 0 atom stereocenters. The quantitative estimate of drug-likeness (QED) is 0.596. The minimum atomic E-state index is 0.558. The van der Waals surface area contributed by atoms with E-state index in [1.54, 1.807) is 22.6 Å². The Labute approximate surface area is 123 Å². The first-order valence-electron chi connectivity index (χ1n) is 6.96. The summed E-state index contributed by atoms with van der Waals surface area (Å²) in [6.45, 7) is 5.14. The monoisotopic (exact) mass is 292 g/mol. The van der Waals surface area contributed by atoms with E-state index in [2.05, 4.69) is 39.2 Å². The largest absolute Gasteiger partial charge is 0.354 e. The molecule has 2 rings (SSSR count). The van der Waals surface area contributed by atoms with Gasteiger partial charge in [0, 0.05) is 24.7 Å². The predicted octanol–water partition coefficient (Wildman–Crippen LogP) is 2.77. The van der Waals surface area contributed by atoms with Crippen molar-refractivity contribution < 1.29 is 0 Å². The van der Waals surface area contributed by atoms with Crippen LogP contribution in [-0.2, 0) is 0 Å². The van der Waals surface area contributed by atoms with Gasteiger partial charge in [0.05, 0.1) is 0 Å². The molecule has 0 aliphatic rings. The van der Waals surface area contributed by atoms with Gasteiger partial charge in [0.25, 0.3) is 5.95 Å². The fourth-order valence-corrected chi connectivity index (χ4v) is 2.44. The molecule has 0 bridgehead atoms. The van der Waals surface area contributed by atoms with E-state index in [0.717, 1.165) is 30.3 Å². The maximum absolute atomic E-state index is 4.46. The summed E-state index contributed by atoms with van der Waals surface area (Å²) in [4.78, 5) is 13.3. The van der Waals surface area contributed by atoms with Crippen LogP contribution >= 0.6 is 11.8 Å². The van der Waals surface area contributed by atoms with Crippen LogP contribution in [0, 0.1) is 0 Å². The van der Waals surface area contributed by atoms with E-state index in [1.165, 1.54) is 6.42 Å². The number of rotatable bonds is 8. The molecular formula is C13H20N6S. The van der Waals surface area contributed by atoms with E-state index in [0.29, 0.717) is 11.9 Å². The minimum Gasteiger partial charge on any atom is -0.354 e. The summed E-state index contributed by atoms with van der Waals surface area (Å²) in [5, 5.41) is 8.13. The highest BCUT2D eigenvalue weighted by atomic mass is 32.2. The van der Waals surface area contributed by atoms with Gasteiger partial charge in [-0.1, -0.05) is 32.0 Å². The fraction of sp³-hybridized carbons (Fsp3) is 0.538. The Morgan fingerprint density at radius 2 is 2.10 bits per heavy atom. The standard InChI is InChI=1S/C13H20N6S/c1-3-5-10-20-13-17-11(14-7-4-2)16-12(18-13)19-9-6-8-15-19/h6,8-9H,3-5,7,10H2,1-2H3,(H,14,16,17,18). The molecule has 0 radical (unpaired) electrons. The average molecular weight is 292 g/mol. The number of aromatic nitrogens is 5. The Balaban J connectivity index is 2.19. The highest BCUT2D eigenvalue weighted by Crippen LogP contribution is 2.17. The molecule has 1 N–H and O–H groups in total. The SMILES string of the molecule is CCCCSc1nc(NCCC)nc(-n2cccn2)n1. The highest BCUT2D eigenvalue weighted by molar-refractivity contribution is 7.99. The van der Waals surface area contributed by atoms with Crippen LogP contribution in [0.1, 0.15) is 33.1 Å².